The van der Waals surface area contributed by atoms with Crippen LogP contribution in [0.3, 0.4) is 0 Å². The molecule has 0 nitrogen and oxygen atoms in total. The molecule has 0 aliphatic carbocycles. The quantitative estimate of drug-likeness (QED) is 0.239. The van der Waals surface area contributed by atoms with Crippen LogP contribution < -0.4 is 21.2 Å². The molecule has 34 heavy (non-hydrogen) atoms. The average molecular weight is 516 g/mol. The fourth-order valence-corrected chi connectivity index (χ4v) is 34.4. The van der Waals surface area contributed by atoms with Gasteiger partial charge in [0.05, 0.1) is 0 Å². The Morgan fingerprint density at radius 2 is 0.618 bits per heavy atom. The second-order valence-electron chi connectivity index (χ2n) is 8.58. The minimum Gasteiger partial charge on any atom is -0.0622 e. The normalized spacial score (nSPS) is 23.8. The van der Waals surface area contributed by atoms with Crippen LogP contribution in [0.5, 0.6) is 0 Å². The highest BCUT2D eigenvalue weighted by atomic mass is 32.7. The summed E-state index contributed by atoms with van der Waals surface area (Å²) in [5, 5.41) is 6.46. The summed E-state index contributed by atoms with van der Waals surface area (Å²) in [6.07, 6.45) is 8.23. The van der Waals surface area contributed by atoms with Crippen molar-refractivity contribution in [3.05, 3.63) is 121 Å². The van der Waals surface area contributed by atoms with Gasteiger partial charge in [0, 0.05) is 0 Å². The van der Waals surface area contributed by atoms with E-state index in [0.717, 1.165) is 0 Å². The number of rotatable bonds is 4. The van der Waals surface area contributed by atoms with Crippen LogP contribution in [0.25, 0.3) is 0 Å². The molecule has 0 spiro atoms. The maximum absolute atomic E-state index is 2.45. The molecule has 1 heterocycles. The van der Waals surface area contributed by atoms with Crippen LogP contribution >= 0.6 is 29.8 Å². The monoisotopic (exact) mass is 516 g/mol. The van der Waals surface area contributed by atoms with Crippen molar-refractivity contribution in [2.24, 2.45) is 0 Å². The van der Waals surface area contributed by atoms with Crippen molar-refractivity contribution >= 4 is 51.0 Å². The molecule has 1 fully saturated rings. The predicted molar refractivity (Wildman–Crippen MR) is 160 cm³/mol. The zero-order valence-corrected chi connectivity index (χ0v) is 23.2. The lowest BCUT2D eigenvalue weighted by atomic mass is 10.2. The van der Waals surface area contributed by atoms with Crippen molar-refractivity contribution in [1.82, 2.24) is 0 Å². The van der Waals surface area contributed by atoms with Gasteiger partial charge in [-0.1, -0.05) is 134 Å². The van der Waals surface area contributed by atoms with Gasteiger partial charge in [0.15, 0.2) is 0 Å². The third-order valence-corrected chi connectivity index (χ3v) is 29.8. The van der Waals surface area contributed by atoms with Crippen LogP contribution in [-0.2, 0) is 0 Å². The summed E-state index contributed by atoms with van der Waals surface area (Å²) in [5.41, 5.74) is 0. The Hall–Kier alpha value is -1.40. The molecule has 0 aromatic heterocycles. The summed E-state index contributed by atoms with van der Waals surface area (Å²) in [5.74, 6) is 0. The molecule has 4 heteroatoms. The zero-order valence-electron chi connectivity index (χ0n) is 19.6. The standard InChI is InChI=1S/C30H32P4/c1-2-16-26-32(28-19-9-4-10-20-28)34(30-23-13-6-14-24-30)33(29-21-11-5-12-22-29)31(25-15-1)27-17-7-3-8-18-27/h3-14,17-24H,1-2,15-16,25-26H2. The van der Waals surface area contributed by atoms with Crippen LogP contribution in [0.2, 0.25) is 0 Å². The van der Waals surface area contributed by atoms with E-state index >= 15 is 0 Å². The highest BCUT2D eigenvalue weighted by Crippen LogP contribution is 2.94. The highest BCUT2D eigenvalue weighted by molar-refractivity contribution is 8.81. The highest BCUT2D eigenvalue weighted by Gasteiger charge is 2.37. The van der Waals surface area contributed by atoms with E-state index in [9.17, 15) is 0 Å². The molecule has 0 amide bonds. The summed E-state index contributed by atoms with van der Waals surface area (Å²) in [7, 11) is -1.14. The van der Waals surface area contributed by atoms with Crippen LogP contribution in [-0.4, -0.2) is 12.3 Å². The molecule has 1 aliphatic rings. The second-order valence-corrected chi connectivity index (χ2v) is 23.9. The largest absolute Gasteiger partial charge is 0.0622 e. The third-order valence-electron chi connectivity index (χ3n) is 6.21. The summed E-state index contributed by atoms with van der Waals surface area (Å²) >= 11 is 0. The Morgan fingerprint density at radius 1 is 0.324 bits per heavy atom. The molecular formula is C30H32P4. The van der Waals surface area contributed by atoms with E-state index in [-0.39, 0.29) is 29.8 Å². The van der Waals surface area contributed by atoms with Crippen molar-refractivity contribution in [3.63, 3.8) is 0 Å². The minimum atomic E-state index is -0.323. The van der Waals surface area contributed by atoms with Crippen LogP contribution in [0, 0.1) is 0 Å². The Labute approximate surface area is 209 Å². The Morgan fingerprint density at radius 3 is 0.941 bits per heavy atom. The SMILES string of the molecule is c1ccc(P2CCCCCCP(c3ccccc3)P(c3ccccc3)P2c2ccccc2)cc1. The van der Waals surface area contributed by atoms with Gasteiger partial charge >= 0.3 is 0 Å². The lowest BCUT2D eigenvalue weighted by molar-refractivity contribution is 0.709. The molecule has 5 rings (SSSR count). The number of benzene rings is 4. The molecule has 172 valence electrons. The molecule has 4 aromatic carbocycles. The van der Waals surface area contributed by atoms with Crippen molar-refractivity contribution in [2.45, 2.75) is 25.7 Å². The van der Waals surface area contributed by atoms with Gasteiger partial charge in [-0.25, -0.2) is 0 Å². The Kier molecular flexibility index (Phi) is 8.95. The van der Waals surface area contributed by atoms with E-state index in [1.165, 1.54) is 38.0 Å². The Bertz CT molecular complexity index is 1030. The average Bonchev–Trinajstić information content (AvgIpc) is 2.92. The summed E-state index contributed by atoms with van der Waals surface area (Å²) in [6.45, 7) is 0. The first-order valence-corrected chi connectivity index (χ1v) is 20.1. The van der Waals surface area contributed by atoms with Gasteiger partial charge in [0.25, 0.3) is 0 Å². The van der Waals surface area contributed by atoms with Gasteiger partial charge < -0.3 is 0 Å². The summed E-state index contributed by atoms with van der Waals surface area (Å²) < 4.78 is 0. The molecule has 4 aromatic rings. The first-order chi connectivity index (χ1) is 16.9. The van der Waals surface area contributed by atoms with Gasteiger partial charge in [0.2, 0.25) is 0 Å². The van der Waals surface area contributed by atoms with E-state index in [1.807, 2.05) is 0 Å². The predicted octanol–water partition coefficient (Wildman–Crippen LogP) is 8.54. The van der Waals surface area contributed by atoms with Gasteiger partial charge in [-0.2, -0.15) is 0 Å². The smallest absolute Gasteiger partial charge is 0.0111 e. The molecule has 4 unspecified atom stereocenters. The van der Waals surface area contributed by atoms with Crippen molar-refractivity contribution < 1.29 is 0 Å². The van der Waals surface area contributed by atoms with Gasteiger partial charge in [-0.15, -0.1) is 0 Å². The molecule has 0 N–H and O–H groups in total. The second kappa shape index (κ2) is 12.5. The van der Waals surface area contributed by atoms with E-state index < -0.39 is 0 Å². The van der Waals surface area contributed by atoms with Crippen LogP contribution in [0.15, 0.2) is 121 Å². The molecule has 0 saturated carbocycles. The minimum absolute atomic E-state index is 0.249. The van der Waals surface area contributed by atoms with E-state index in [4.69, 9.17) is 0 Å². The summed E-state index contributed by atoms with van der Waals surface area (Å²) in [4.78, 5) is 0. The first-order valence-electron chi connectivity index (χ1n) is 12.3. The molecular weight excluding hydrogens is 484 g/mol. The Balaban J connectivity index is 1.73. The van der Waals surface area contributed by atoms with E-state index in [0.29, 0.717) is 0 Å². The van der Waals surface area contributed by atoms with Crippen molar-refractivity contribution in [3.8, 4) is 0 Å². The lowest BCUT2D eigenvalue weighted by Crippen LogP contribution is -2.14. The molecule has 0 radical (unpaired) electrons. The first kappa shape index (κ1) is 24.3. The molecule has 4 atom stereocenters. The maximum atomic E-state index is 2.45. The molecule has 1 aliphatic heterocycles. The topological polar surface area (TPSA) is 0 Å². The van der Waals surface area contributed by atoms with Crippen molar-refractivity contribution in [1.29, 1.82) is 0 Å². The molecule has 1 saturated heterocycles. The molecule has 0 bridgehead atoms. The summed E-state index contributed by atoms with van der Waals surface area (Å²) in [6, 6.07) is 46.4. The van der Waals surface area contributed by atoms with Gasteiger partial charge in [-0.05, 0) is 76.2 Å². The van der Waals surface area contributed by atoms with Gasteiger partial charge in [-0.3, -0.25) is 0 Å². The van der Waals surface area contributed by atoms with E-state index in [1.54, 1.807) is 21.2 Å². The third kappa shape index (κ3) is 5.87. The fraction of sp³-hybridized carbons (Fsp3) is 0.200. The van der Waals surface area contributed by atoms with Gasteiger partial charge in [0.1, 0.15) is 0 Å². The van der Waals surface area contributed by atoms with Crippen LogP contribution in [0.1, 0.15) is 25.7 Å². The fourth-order valence-electron chi connectivity index (χ4n) is 4.57. The lowest BCUT2D eigenvalue weighted by Gasteiger charge is -2.41. The zero-order chi connectivity index (χ0) is 23.0. The number of hydrogen-bond acceptors (Lipinski definition) is 0. The van der Waals surface area contributed by atoms with E-state index in [2.05, 4.69) is 121 Å². The maximum Gasteiger partial charge on any atom is -0.0111 e. The van der Waals surface area contributed by atoms with Crippen molar-refractivity contribution in [2.75, 3.05) is 12.3 Å². The number of hydrogen-bond donors (Lipinski definition) is 0. The van der Waals surface area contributed by atoms with Crippen LogP contribution in [0.4, 0.5) is 0 Å².